The van der Waals surface area contributed by atoms with Crippen LogP contribution in [0.25, 0.3) is 11.3 Å². The van der Waals surface area contributed by atoms with Crippen LogP contribution in [0.15, 0.2) is 59.0 Å². The summed E-state index contributed by atoms with van der Waals surface area (Å²) in [5.74, 6) is 0.315. The molecule has 3 aromatic rings. The predicted molar refractivity (Wildman–Crippen MR) is 95.7 cm³/mol. The molecular formula is C20H17FN2O3. The maximum Gasteiger partial charge on any atom is 0.291 e. The maximum atomic E-state index is 13.7. The van der Waals surface area contributed by atoms with Crippen molar-refractivity contribution in [3.63, 3.8) is 0 Å². The Balaban J connectivity index is 1.59. The standard InChI is InChI=1S/C20H17FN2O3/c21-15-6-1-2-7-16(15)23-20(24)18-9-8-17(26-18)14-5-3-4-12-10-13(11-22)25-19(12)14/h1-9,13H,10-11,22H2,(H,23,24). The quantitative estimate of drug-likeness (QED) is 0.752. The SMILES string of the molecule is NCC1Cc2cccc(-c3ccc(C(=O)Nc4ccccc4F)o3)c2O1. The van der Waals surface area contributed by atoms with E-state index in [1.165, 1.54) is 12.1 Å². The lowest BCUT2D eigenvalue weighted by atomic mass is 10.1. The van der Waals surface area contributed by atoms with E-state index in [2.05, 4.69) is 5.32 Å². The molecule has 1 aliphatic heterocycles. The molecule has 0 radical (unpaired) electrons. The highest BCUT2D eigenvalue weighted by atomic mass is 19.1. The molecule has 132 valence electrons. The van der Waals surface area contributed by atoms with E-state index < -0.39 is 11.7 Å². The van der Waals surface area contributed by atoms with Gasteiger partial charge in [0.2, 0.25) is 0 Å². The van der Waals surface area contributed by atoms with Gasteiger partial charge in [-0.15, -0.1) is 0 Å². The van der Waals surface area contributed by atoms with Crippen LogP contribution >= 0.6 is 0 Å². The fourth-order valence-corrected chi connectivity index (χ4v) is 3.02. The molecule has 0 aliphatic carbocycles. The third-order valence-electron chi connectivity index (χ3n) is 4.31. The van der Waals surface area contributed by atoms with E-state index in [-0.39, 0.29) is 17.6 Å². The number of nitrogens with one attached hydrogen (secondary N) is 1. The molecule has 0 saturated carbocycles. The number of ether oxygens (including phenoxy) is 1. The number of nitrogens with two attached hydrogens (primary N) is 1. The van der Waals surface area contributed by atoms with Gasteiger partial charge in [-0.1, -0.05) is 24.3 Å². The molecule has 5 nitrogen and oxygen atoms in total. The molecular weight excluding hydrogens is 335 g/mol. The molecule has 1 unspecified atom stereocenters. The normalized spacial score (nSPS) is 15.4. The van der Waals surface area contributed by atoms with E-state index in [0.29, 0.717) is 12.3 Å². The average molecular weight is 352 g/mol. The van der Waals surface area contributed by atoms with Gasteiger partial charge in [0.05, 0.1) is 11.3 Å². The van der Waals surface area contributed by atoms with Crippen molar-refractivity contribution in [1.82, 2.24) is 0 Å². The van der Waals surface area contributed by atoms with E-state index >= 15 is 0 Å². The lowest BCUT2D eigenvalue weighted by Gasteiger charge is -2.09. The lowest BCUT2D eigenvalue weighted by Crippen LogP contribution is -2.24. The second-order valence-corrected chi connectivity index (χ2v) is 6.07. The second-order valence-electron chi connectivity index (χ2n) is 6.07. The third-order valence-corrected chi connectivity index (χ3v) is 4.31. The number of hydrogen-bond acceptors (Lipinski definition) is 4. The zero-order chi connectivity index (χ0) is 18.1. The second kappa shape index (κ2) is 6.65. The zero-order valence-electron chi connectivity index (χ0n) is 13.9. The van der Waals surface area contributed by atoms with Crippen LogP contribution in [-0.4, -0.2) is 18.6 Å². The van der Waals surface area contributed by atoms with Crippen molar-refractivity contribution in [2.24, 2.45) is 5.73 Å². The number of benzene rings is 2. The van der Waals surface area contributed by atoms with E-state index in [0.717, 1.165) is 23.3 Å². The van der Waals surface area contributed by atoms with Crippen LogP contribution in [0.5, 0.6) is 5.75 Å². The summed E-state index contributed by atoms with van der Waals surface area (Å²) in [7, 11) is 0. The van der Waals surface area contributed by atoms with Crippen molar-refractivity contribution in [3.8, 4) is 17.1 Å². The summed E-state index contributed by atoms with van der Waals surface area (Å²) in [6, 6.07) is 15.0. The highest BCUT2D eigenvalue weighted by molar-refractivity contribution is 6.02. The number of hydrogen-bond donors (Lipinski definition) is 2. The maximum absolute atomic E-state index is 13.7. The smallest absolute Gasteiger partial charge is 0.291 e. The Labute approximate surface area is 149 Å². The summed E-state index contributed by atoms with van der Waals surface area (Å²) in [6.07, 6.45) is 0.700. The van der Waals surface area contributed by atoms with Crippen LogP contribution in [0, 0.1) is 5.82 Å². The number of fused-ring (bicyclic) bond motifs is 1. The molecule has 4 rings (SSSR count). The van der Waals surface area contributed by atoms with Crippen LogP contribution in [0.4, 0.5) is 10.1 Å². The largest absolute Gasteiger partial charge is 0.488 e. The Morgan fingerprint density at radius 1 is 1.15 bits per heavy atom. The first kappa shape index (κ1) is 16.4. The van der Waals surface area contributed by atoms with Gasteiger partial charge in [-0.2, -0.15) is 0 Å². The van der Waals surface area contributed by atoms with Crippen molar-refractivity contribution in [3.05, 3.63) is 71.7 Å². The van der Waals surface area contributed by atoms with Gasteiger partial charge in [0, 0.05) is 13.0 Å². The van der Waals surface area contributed by atoms with Crippen molar-refractivity contribution >= 4 is 11.6 Å². The summed E-state index contributed by atoms with van der Waals surface area (Å²) in [5, 5.41) is 2.50. The van der Waals surface area contributed by atoms with Crippen LogP contribution < -0.4 is 15.8 Å². The number of rotatable bonds is 4. The van der Waals surface area contributed by atoms with Gasteiger partial charge in [0.1, 0.15) is 23.4 Å². The molecule has 2 aromatic carbocycles. The van der Waals surface area contributed by atoms with Crippen LogP contribution in [0.2, 0.25) is 0 Å². The first-order valence-electron chi connectivity index (χ1n) is 8.30. The summed E-state index contributed by atoms with van der Waals surface area (Å²) in [6.45, 7) is 0.433. The Hall–Kier alpha value is -3.12. The Kier molecular flexibility index (Phi) is 4.18. The van der Waals surface area contributed by atoms with Crippen molar-refractivity contribution < 1.29 is 18.3 Å². The van der Waals surface area contributed by atoms with Crippen LogP contribution in [0.1, 0.15) is 16.1 Å². The monoisotopic (exact) mass is 352 g/mol. The summed E-state index contributed by atoms with van der Waals surface area (Å²) in [5.41, 5.74) is 7.63. The third kappa shape index (κ3) is 2.95. The Morgan fingerprint density at radius 3 is 2.81 bits per heavy atom. The summed E-state index contributed by atoms with van der Waals surface area (Å²) in [4.78, 5) is 12.3. The van der Waals surface area contributed by atoms with E-state index in [1.54, 1.807) is 24.3 Å². The number of para-hydroxylation sites is 2. The number of carbonyl (C=O) groups excluding carboxylic acids is 1. The van der Waals surface area contributed by atoms with Crippen molar-refractivity contribution in [2.75, 3.05) is 11.9 Å². The Morgan fingerprint density at radius 2 is 2.00 bits per heavy atom. The van der Waals surface area contributed by atoms with E-state index in [4.69, 9.17) is 14.9 Å². The van der Waals surface area contributed by atoms with Gasteiger partial charge in [-0.25, -0.2) is 4.39 Å². The molecule has 1 amide bonds. The molecule has 3 N–H and O–H groups in total. The van der Waals surface area contributed by atoms with Gasteiger partial charge in [-0.3, -0.25) is 4.79 Å². The minimum atomic E-state index is -0.519. The molecule has 6 heteroatoms. The van der Waals surface area contributed by atoms with Crippen LogP contribution in [0.3, 0.4) is 0 Å². The van der Waals surface area contributed by atoms with Crippen molar-refractivity contribution in [1.29, 1.82) is 0 Å². The van der Waals surface area contributed by atoms with Crippen LogP contribution in [-0.2, 0) is 6.42 Å². The average Bonchev–Trinajstić information content (AvgIpc) is 3.30. The molecule has 0 spiro atoms. The first-order chi connectivity index (χ1) is 12.7. The van der Waals surface area contributed by atoms with Gasteiger partial charge >= 0.3 is 0 Å². The molecule has 0 fully saturated rings. The molecule has 0 bridgehead atoms. The van der Waals surface area contributed by atoms with E-state index in [9.17, 15) is 9.18 Å². The molecule has 1 aromatic heterocycles. The lowest BCUT2D eigenvalue weighted by molar-refractivity contribution is 0.0997. The van der Waals surface area contributed by atoms with Gasteiger partial charge in [-0.05, 0) is 35.9 Å². The topological polar surface area (TPSA) is 77.5 Å². The predicted octanol–water partition coefficient (Wildman–Crippen LogP) is 3.60. The van der Waals surface area contributed by atoms with E-state index in [1.807, 2.05) is 18.2 Å². The number of furan rings is 1. The minimum Gasteiger partial charge on any atom is -0.488 e. The van der Waals surface area contributed by atoms with Gasteiger partial charge < -0.3 is 20.2 Å². The summed E-state index contributed by atoms with van der Waals surface area (Å²) >= 11 is 0. The molecule has 1 aliphatic rings. The summed E-state index contributed by atoms with van der Waals surface area (Å²) < 4.78 is 25.3. The molecule has 1 atom stereocenters. The fourth-order valence-electron chi connectivity index (χ4n) is 3.02. The highest BCUT2D eigenvalue weighted by Gasteiger charge is 2.26. The first-order valence-corrected chi connectivity index (χ1v) is 8.30. The van der Waals surface area contributed by atoms with Gasteiger partial charge in [0.25, 0.3) is 5.91 Å². The Bertz CT molecular complexity index is 967. The molecule has 2 heterocycles. The fraction of sp³-hybridized carbons (Fsp3) is 0.150. The molecule has 0 saturated heterocycles. The zero-order valence-corrected chi connectivity index (χ0v) is 13.9. The molecule has 26 heavy (non-hydrogen) atoms. The number of amides is 1. The number of carbonyl (C=O) groups is 1. The minimum absolute atomic E-state index is 0.0510. The number of anilines is 1. The van der Waals surface area contributed by atoms with Gasteiger partial charge in [0.15, 0.2) is 5.76 Å². The highest BCUT2D eigenvalue weighted by Crippen LogP contribution is 2.39. The van der Waals surface area contributed by atoms with Crippen molar-refractivity contribution in [2.45, 2.75) is 12.5 Å². The number of halogens is 1.